The summed E-state index contributed by atoms with van der Waals surface area (Å²) in [5, 5.41) is 10.6. The number of hydrogen-bond acceptors (Lipinski definition) is 3. The quantitative estimate of drug-likeness (QED) is 0.787. The SMILES string of the molecule is CCCNC(c1ccn[nH]1)c1nccn1CCC. The average molecular weight is 247 g/mol. The zero-order valence-corrected chi connectivity index (χ0v) is 11.1. The molecule has 2 aromatic heterocycles. The minimum Gasteiger partial charge on any atom is -0.333 e. The number of hydrogen-bond donors (Lipinski definition) is 2. The van der Waals surface area contributed by atoms with Crippen molar-refractivity contribution < 1.29 is 0 Å². The van der Waals surface area contributed by atoms with Gasteiger partial charge < -0.3 is 9.88 Å². The third kappa shape index (κ3) is 2.79. The Bertz CT molecular complexity index is 446. The first kappa shape index (κ1) is 12.8. The number of aromatic amines is 1. The van der Waals surface area contributed by atoms with Crippen LogP contribution in [0.2, 0.25) is 0 Å². The largest absolute Gasteiger partial charge is 0.333 e. The summed E-state index contributed by atoms with van der Waals surface area (Å²) in [4.78, 5) is 4.50. The smallest absolute Gasteiger partial charge is 0.132 e. The normalized spacial score (nSPS) is 12.8. The van der Waals surface area contributed by atoms with Gasteiger partial charge in [0.25, 0.3) is 0 Å². The van der Waals surface area contributed by atoms with E-state index in [1.54, 1.807) is 6.20 Å². The minimum atomic E-state index is 0.0917. The molecule has 1 unspecified atom stereocenters. The molecule has 0 amide bonds. The van der Waals surface area contributed by atoms with E-state index in [1.807, 2.05) is 18.5 Å². The fourth-order valence-corrected chi connectivity index (χ4v) is 2.07. The number of H-pyrrole nitrogens is 1. The van der Waals surface area contributed by atoms with E-state index >= 15 is 0 Å². The summed E-state index contributed by atoms with van der Waals surface area (Å²) < 4.78 is 2.20. The number of imidazole rings is 1. The lowest BCUT2D eigenvalue weighted by atomic mass is 10.2. The predicted octanol–water partition coefficient (Wildman–Crippen LogP) is 2.11. The van der Waals surface area contributed by atoms with Crippen LogP contribution in [0.3, 0.4) is 0 Å². The summed E-state index contributed by atoms with van der Waals surface area (Å²) >= 11 is 0. The van der Waals surface area contributed by atoms with E-state index in [9.17, 15) is 0 Å². The molecule has 2 aromatic rings. The van der Waals surface area contributed by atoms with E-state index in [0.29, 0.717) is 0 Å². The second kappa shape index (κ2) is 6.35. The van der Waals surface area contributed by atoms with Crippen LogP contribution in [0.5, 0.6) is 0 Å². The van der Waals surface area contributed by atoms with E-state index in [4.69, 9.17) is 0 Å². The number of nitrogens with zero attached hydrogens (tertiary/aromatic N) is 3. The molecule has 0 radical (unpaired) electrons. The molecule has 2 heterocycles. The van der Waals surface area contributed by atoms with Crippen LogP contribution in [0.25, 0.3) is 0 Å². The Morgan fingerprint density at radius 2 is 2.22 bits per heavy atom. The molecule has 0 saturated carbocycles. The summed E-state index contributed by atoms with van der Waals surface area (Å²) in [6, 6.07) is 2.09. The Morgan fingerprint density at radius 3 is 2.89 bits per heavy atom. The maximum absolute atomic E-state index is 4.50. The first-order chi connectivity index (χ1) is 8.86. The predicted molar refractivity (Wildman–Crippen MR) is 71.2 cm³/mol. The van der Waals surface area contributed by atoms with Gasteiger partial charge in [0.1, 0.15) is 11.9 Å². The first-order valence-electron chi connectivity index (χ1n) is 6.60. The van der Waals surface area contributed by atoms with Gasteiger partial charge in [-0.1, -0.05) is 13.8 Å². The Morgan fingerprint density at radius 1 is 1.33 bits per heavy atom. The summed E-state index contributed by atoms with van der Waals surface area (Å²) in [7, 11) is 0. The molecule has 18 heavy (non-hydrogen) atoms. The van der Waals surface area contributed by atoms with Crippen LogP contribution in [-0.2, 0) is 6.54 Å². The monoisotopic (exact) mass is 247 g/mol. The molecule has 0 aromatic carbocycles. The molecule has 0 fully saturated rings. The molecule has 0 spiro atoms. The molecule has 5 nitrogen and oxygen atoms in total. The van der Waals surface area contributed by atoms with Crippen LogP contribution >= 0.6 is 0 Å². The standard InChI is InChI=1S/C13H21N5/c1-3-6-14-12(11-5-7-16-17-11)13-15-8-10-18(13)9-4-2/h5,7-8,10,12,14H,3-4,6,9H2,1-2H3,(H,16,17). The van der Waals surface area contributed by atoms with Gasteiger partial charge in [-0.3, -0.25) is 5.10 Å². The highest BCUT2D eigenvalue weighted by Gasteiger charge is 2.19. The topological polar surface area (TPSA) is 58.5 Å². The van der Waals surface area contributed by atoms with Crippen LogP contribution in [0, 0.1) is 0 Å². The molecular formula is C13H21N5. The number of nitrogens with one attached hydrogen (secondary N) is 2. The molecule has 2 N–H and O–H groups in total. The van der Waals surface area contributed by atoms with Crippen molar-refractivity contribution in [3.05, 3.63) is 36.2 Å². The van der Waals surface area contributed by atoms with Gasteiger partial charge in [-0.15, -0.1) is 0 Å². The van der Waals surface area contributed by atoms with Crippen molar-refractivity contribution in [3.8, 4) is 0 Å². The van der Waals surface area contributed by atoms with Gasteiger partial charge in [0.05, 0.1) is 5.69 Å². The lowest BCUT2D eigenvalue weighted by Gasteiger charge is -2.18. The summed E-state index contributed by atoms with van der Waals surface area (Å²) in [6.07, 6.45) is 7.88. The second-order valence-electron chi connectivity index (χ2n) is 4.38. The maximum Gasteiger partial charge on any atom is 0.132 e. The molecule has 0 aliphatic carbocycles. The minimum absolute atomic E-state index is 0.0917. The summed E-state index contributed by atoms with van der Waals surface area (Å²) in [5.41, 5.74) is 1.06. The Labute approximate surface area is 108 Å². The van der Waals surface area contributed by atoms with Crippen LogP contribution in [-0.4, -0.2) is 26.3 Å². The van der Waals surface area contributed by atoms with Gasteiger partial charge >= 0.3 is 0 Å². The van der Waals surface area contributed by atoms with Crippen molar-refractivity contribution in [3.63, 3.8) is 0 Å². The molecule has 0 aliphatic rings. The van der Waals surface area contributed by atoms with Crippen LogP contribution in [0.4, 0.5) is 0 Å². The van der Waals surface area contributed by atoms with Crippen molar-refractivity contribution in [1.29, 1.82) is 0 Å². The van der Waals surface area contributed by atoms with Crippen molar-refractivity contribution in [2.45, 2.75) is 39.3 Å². The molecule has 2 rings (SSSR count). The molecular weight excluding hydrogens is 226 g/mol. The fraction of sp³-hybridized carbons (Fsp3) is 0.538. The lowest BCUT2D eigenvalue weighted by Crippen LogP contribution is -2.26. The van der Waals surface area contributed by atoms with E-state index in [-0.39, 0.29) is 6.04 Å². The van der Waals surface area contributed by atoms with E-state index < -0.39 is 0 Å². The zero-order valence-electron chi connectivity index (χ0n) is 11.1. The zero-order chi connectivity index (χ0) is 12.8. The highest BCUT2D eigenvalue weighted by molar-refractivity contribution is 5.16. The van der Waals surface area contributed by atoms with Crippen molar-refractivity contribution in [1.82, 2.24) is 25.1 Å². The van der Waals surface area contributed by atoms with E-state index in [0.717, 1.165) is 37.4 Å². The Balaban J connectivity index is 2.24. The summed E-state index contributed by atoms with van der Waals surface area (Å²) in [6.45, 7) is 6.29. The van der Waals surface area contributed by atoms with Gasteiger partial charge in [0.15, 0.2) is 0 Å². The maximum atomic E-state index is 4.50. The highest BCUT2D eigenvalue weighted by Crippen LogP contribution is 2.18. The average Bonchev–Trinajstić information content (AvgIpc) is 3.02. The molecule has 5 heteroatoms. The van der Waals surface area contributed by atoms with Gasteiger partial charge in [-0.25, -0.2) is 4.98 Å². The van der Waals surface area contributed by atoms with E-state index in [1.165, 1.54) is 0 Å². The number of aryl methyl sites for hydroxylation is 1. The first-order valence-corrected chi connectivity index (χ1v) is 6.60. The molecule has 0 aliphatic heterocycles. The van der Waals surface area contributed by atoms with Crippen molar-refractivity contribution in [2.24, 2.45) is 0 Å². The van der Waals surface area contributed by atoms with E-state index in [2.05, 4.69) is 38.9 Å². The highest BCUT2D eigenvalue weighted by atomic mass is 15.2. The van der Waals surface area contributed by atoms with Gasteiger partial charge in [-0.2, -0.15) is 5.10 Å². The lowest BCUT2D eigenvalue weighted by molar-refractivity contribution is 0.521. The Hall–Kier alpha value is -1.62. The molecule has 1 atom stereocenters. The third-order valence-corrected chi connectivity index (χ3v) is 2.90. The summed E-state index contributed by atoms with van der Waals surface area (Å²) in [5.74, 6) is 1.05. The molecule has 0 saturated heterocycles. The third-order valence-electron chi connectivity index (χ3n) is 2.90. The van der Waals surface area contributed by atoms with Crippen LogP contribution in [0.15, 0.2) is 24.7 Å². The van der Waals surface area contributed by atoms with Crippen molar-refractivity contribution >= 4 is 0 Å². The van der Waals surface area contributed by atoms with Gasteiger partial charge in [0, 0.05) is 25.1 Å². The fourth-order valence-electron chi connectivity index (χ4n) is 2.07. The van der Waals surface area contributed by atoms with Crippen LogP contribution < -0.4 is 5.32 Å². The molecule has 0 bridgehead atoms. The number of rotatable bonds is 7. The molecule has 98 valence electrons. The van der Waals surface area contributed by atoms with Crippen LogP contribution in [0.1, 0.15) is 44.2 Å². The Kier molecular flexibility index (Phi) is 4.52. The van der Waals surface area contributed by atoms with Gasteiger partial charge in [0.2, 0.25) is 0 Å². The second-order valence-corrected chi connectivity index (χ2v) is 4.38. The van der Waals surface area contributed by atoms with Crippen molar-refractivity contribution in [2.75, 3.05) is 6.54 Å². The number of aromatic nitrogens is 4. The van der Waals surface area contributed by atoms with Gasteiger partial charge in [-0.05, 0) is 25.5 Å².